The van der Waals surface area contributed by atoms with E-state index in [0.29, 0.717) is 18.3 Å². The number of rotatable bonds is 7. The first-order valence-electron chi connectivity index (χ1n) is 6.97. The smallest absolute Gasteiger partial charge is 0.243 e. The maximum absolute atomic E-state index is 5.77. The zero-order valence-corrected chi connectivity index (χ0v) is 12.2. The van der Waals surface area contributed by atoms with Crippen molar-refractivity contribution in [1.29, 1.82) is 0 Å². The second-order valence-electron chi connectivity index (χ2n) is 4.49. The second-order valence-corrected chi connectivity index (χ2v) is 4.49. The topological polar surface area (TPSA) is 60.2 Å². The summed E-state index contributed by atoms with van der Waals surface area (Å²) < 4.78 is 11.1. The molecule has 20 heavy (non-hydrogen) atoms. The predicted molar refractivity (Wildman–Crippen MR) is 76.3 cm³/mol. The normalized spacial score (nSPS) is 14.2. The van der Waals surface area contributed by atoms with Crippen LogP contribution in [0.25, 0.3) is 0 Å². The van der Waals surface area contributed by atoms with Gasteiger partial charge in [0.1, 0.15) is 6.10 Å². The quantitative estimate of drug-likeness (QED) is 0.842. The highest BCUT2D eigenvalue weighted by molar-refractivity contribution is 5.22. The summed E-state index contributed by atoms with van der Waals surface area (Å²) in [5.41, 5.74) is 1.03. The Kier molecular flexibility index (Phi) is 5.26. The largest absolute Gasteiger partial charge is 0.366 e. The molecule has 108 valence electrons. The molecule has 0 aliphatic carbocycles. The van der Waals surface area contributed by atoms with Gasteiger partial charge in [0.15, 0.2) is 0 Å². The maximum Gasteiger partial charge on any atom is 0.243 e. The monoisotopic (exact) mass is 275 g/mol. The van der Waals surface area contributed by atoms with Crippen LogP contribution in [0.1, 0.15) is 49.7 Å². The summed E-state index contributed by atoms with van der Waals surface area (Å²) in [5, 5.41) is 7.23. The lowest BCUT2D eigenvalue weighted by Gasteiger charge is -2.13. The molecular formula is C15H21N3O2. The SMILES string of the molecule is CCOC(c1ccccc1)c1noc(C(CC)NC)n1. The van der Waals surface area contributed by atoms with Gasteiger partial charge in [-0.05, 0) is 26.0 Å². The molecule has 0 radical (unpaired) electrons. The molecule has 0 saturated heterocycles. The molecule has 5 heteroatoms. The molecule has 0 spiro atoms. The second kappa shape index (κ2) is 7.17. The number of ether oxygens (including phenoxy) is 1. The average molecular weight is 275 g/mol. The summed E-state index contributed by atoms with van der Waals surface area (Å²) in [6, 6.07) is 10.0. The van der Waals surface area contributed by atoms with Crippen LogP contribution in [0.5, 0.6) is 0 Å². The lowest BCUT2D eigenvalue weighted by molar-refractivity contribution is 0.0833. The molecule has 2 aromatic rings. The van der Waals surface area contributed by atoms with Crippen LogP contribution in [-0.4, -0.2) is 23.8 Å². The fourth-order valence-corrected chi connectivity index (χ4v) is 2.11. The molecule has 1 N–H and O–H groups in total. The summed E-state index contributed by atoms with van der Waals surface area (Å²) in [5.74, 6) is 1.17. The van der Waals surface area contributed by atoms with Crippen LogP contribution >= 0.6 is 0 Å². The van der Waals surface area contributed by atoms with Crippen LogP contribution in [-0.2, 0) is 4.74 Å². The van der Waals surface area contributed by atoms with Gasteiger partial charge in [-0.15, -0.1) is 0 Å². The van der Waals surface area contributed by atoms with Crippen molar-refractivity contribution in [1.82, 2.24) is 15.5 Å². The summed E-state index contributed by atoms with van der Waals surface area (Å²) in [4.78, 5) is 4.48. The van der Waals surface area contributed by atoms with Gasteiger partial charge in [-0.25, -0.2) is 0 Å². The molecule has 1 heterocycles. The van der Waals surface area contributed by atoms with Crippen LogP contribution < -0.4 is 5.32 Å². The Balaban J connectivity index is 2.26. The van der Waals surface area contributed by atoms with Gasteiger partial charge >= 0.3 is 0 Å². The minimum absolute atomic E-state index is 0.0781. The Morgan fingerprint density at radius 2 is 2.00 bits per heavy atom. The predicted octanol–water partition coefficient (Wildman–Crippen LogP) is 2.87. The van der Waals surface area contributed by atoms with E-state index in [1.165, 1.54) is 0 Å². The molecule has 0 aliphatic rings. The third-order valence-corrected chi connectivity index (χ3v) is 3.18. The van der Waals surface area contributed by atoms with Gasteiger partial charge in [0.05, 0.1) is 6.04 Å². The van der Waals surface area contributed by atoms with Crippen molar-refractivity contribution in [2.45, 2.75) is 32.4 Å². The standard InChI is InChI=1S/C15H21N3O2/c1-4-12(16-3)15-17-14(18-20-15)13(19-5-2)11-9-7-6-8-10-11/h6-10,12-13,16H,4-5H2,1-3H3. The van der Waals surface area contributed by atoms with Crippen LogP contribution in [0.3, 0.4) is 0 Å². The lowest BCUT2D eigenvalue weighted by Crippen LogP contribution is -2.16. The third-order valence-electron chi connectivity index (χ3n) is 3.18. The number of aromatic nitrogens is 2. The highest BCUT2D eigenvalue weighted by atomic mass is 16.5. The summed E-state index contributed by atoms with van der Waals surface area (Å²) >= 11 is 0. The molecule has 0 amide bonds. The van der Waals surface area contributed by atoms with Crippen molar-refractivity contribution in [2.75, 3.05) is 13.7 Å². The molecule has 1 aromatic heterocycles. The number of hydrogen-bond acceptors (Lipinski definition) is 5. The molecule has 2 atom stereocenters. The van der Waals surface area contributed by atoms with Crippen molar-refractivity contribution in [3.8, 4) is 0 Å². The molecule has 0 saturated carbocycles. The molecule has 1 aromatic carbocycles. The van der Waals surface area contributed by atoms with Crippen LogP contribution in [0.15, 0.2) is 34.9 Å². The molecule has 2 rings (SSSR count). The van der Waals surface area contributed by atoms with Gasteiger partial charge in [-0.2, -0.15) is 4.98 Å². The summed E-state index contributed by atoms with van der Waals surface area (Å²) in [6.07, 6.45) is 0.607. The number of nitrogens with one attached hydrogen (secondary N) is 1. The van der Waals surface area contributed by atoms with E-state index in [9.17, 15) is 0 Å². The Morgan fingerprint density at radius 3 is 2.60 bits per heavy atom. The Hall–Kier alpha value is -1.72. The highest BCUT2D eigenvalue weighted by Crippen LogP contribution is 2.25. The zero-order chi connectivity index (χ0) is 14.4. The van der Waals surface area contributed by atoms with Crippen molar-refractivity contribution in [3.63, 3.8) is 0 Å². The van der Waals surface area contributed by atoms with Crippen molar-refractivity contribution >= 4 is 0 Å². The molecule has 0 aliphatic heterocycles. The molecular weight excluding hydrogens is 254 g/mol. The van der Waals surface area contributed by atoms with E-state index < -0.39 is 0 Å². The van der Waals surface area contributed by atoms with Gasteiger partial charge in [-0.1, -0.05) is 42.4 Å². The van der Waals surface area contributed by atoms with Crippen molar-refractivity contribution < 1.29 is 9.26 Å². The minimum Gasteiger partial charge on any atom is -0.366 e. The number of benzene rings is 1. The van der Waals surface area contributed by atoms with E-state index >= 15 is 0 Å². The van der Waals surface area contributed by atoms with Gasteiger partial charge in [0.25, 0.3) is 0 Å². The Morgan fingerprint density at radius 1 is 1.25 bits per heavy atom. The first kappa shape index (κ1) is 14.7. The van der Waals surface area contributed by atoms with Gasteiger partial charge in [-0.3, -0.25) is 0 Å². The van der Waals surface area contributed by atoms with E-state index in [1.807, 2.05) is 44.3 Å². The van der Waals surface area contributed by atoms with Crippen LogP contribution in [0.4, 0.5) is 0 Å². The first-order chi connectivity index (χ1) is 9.80. The van der Waals surface area contributed by atoms with Gasteiger partial charge in [0.2, 0.25) is 11.7 Å². The molecule has 2 unspecified atom stereocenters. The maximum atomic E-state index is 5.77. The van der Waals surface area contributed by atoms with E-state index in [1.54, 1.807) is 0 Å². The van der Waals surface area contributed by atoms with Crippen molar-refractivity contribution in [3.05, 3.63) is 47.6 Å². The fraction of sp³-hybridized carbons (Fsp3) is 0.467. The molecule has 5 nitrogen and oxygen atoms in total. The van der Waals surface area contributed by atoms with E-state index in [2.05, 4.69) is 22.4 Å². The van der Waals surface area contributed by atoms with E-state index in [0.717, 1.165) is 12.0 Å². The highest BCUT2D eigenvalue weighted by Gasteiger charge is 2.23. The van der Waals surface area contributed by atoms with E-state index in [4.69, 9.17) is 9.26 Å². The van der Waals surface area contributed by atoms with Gasteiger partial charge in [0, 0.05) is 6.61 Å². The summed E-state index contributed by atoms with van der Waals surface area (Å²) in [7, 11) is 1.88. The summed E-state index contributed by atoms with van der Waals surface area (Å²) in [6.45, 7) is 4.62. The first-order valence-corrected chi connectivity index (χ1v) is 6.97. The Bertz CT molecular complexity index is 509. The number of hydrogen-bond donors (Lipinski definition) is 1. The lowest BCUT2D eigenvalue weighted by atomic mass is 10.1. The van der Waals surface area contributed by atoms with Crippen molar-refractivity contribution in [2.24, 2.45) is 0 Å². The van der Waals surface area contributed by atoms with Crippen LogP contribution in [0, 0.1) is 0 Å². The zero-order valence-electron chi connectivity index (χ0n) is 12.2. The molecule has 0 fully saturated rings. The number of nitrogens with zero attached hydrogens (tertiary/aromatic N) is 2. The third kappa shape index (κ3) is 3.23. The fourth-order valence-electron chi connectivity index (χ4n) is 2.11. The Labute approximate surface area is 119 Å². The molecule has 0 bridgehead atoms. The van der Waals surface area contributed by atoms with Crippen LogP contribution in [0.2, 0.25) is 0 Å². The van der Waals surface area contributed by atoms with E-state index in [-0.39, 0.29) is 12.1 Å². The average Bonchev–Trinajstić information content (AvgIpc) is 2.96. The van der Waals surface area contributed by atoms with Gasteiger partial charge < -0.3 is 14.6 Å². The minimum atomic E-state index is -0.284.